The van der Waals surface area contributed by atoms with E-state index in [2.05, 4.69) is 0 Å². The fraction of sp³-hybridized carbons (Fsp3) is 0.429. The van der Waals surface area contributed by atoms with E-state index in [1.165, 1.54) is 34.3 Å². The number of carbonyl (C=O) groups is 4. The van der Waals surface area contributed by atoms with Gasteiger partial charge in [0.15, 0.2) is 0 Å². The molecule has 4 rings (SSSR count). The number of rotatable bonds is 8. The van der Waals surface area contributed by atoms with Crippen LogP contribution in [0.2, 0.25) is 0 Å². The number of methoxy groups -OCH3 is 2. The van der Waals surface area contributed by atoms with Gasteiger partial charge in [-0.05, 0) is 49.9 Å². The van der Waals surface area contributed by atoms with Crippen LogP contribution in [0.5, 0.6) is 0 Å². The lowest BCUT2D eigenvalue weighted by Gasteiger charge is -2.31. The van der Waals surface area contributed by atoms with E-state index in [-0.39, 0.29) is 38.2 Å². The molecular weight excluding hydrogens is 520 g/mol. The van der Waals surface area contributed by atoms with Crippen molar-refractivity contribution in [1.29, 1.82) is 0 Å². The number of hydrazine groups is 2. The van der Waals surface area contributed by atoms with Crippen LogP contribution >= 0.6 is 0 Å². The normalized spacial score (nSPS) is 14.3. The zero-order valence-electron chi connectivity index (χ0n) is 23.8. The molecule has 2 aliphatic rings. The first-order valence-corrected chi connectivity index (χ1v) is 12.8. The van der Waals surface area contributed by atoms with Gasteiger partial charge in [0.2, 0.25) is 0 Å². The highest BCUT2D eigenvalue weighted by Crippen LogP contribution is 2.29. The molecule has 2 heterocycles. The van der Waals surface area contributed by atoms with Crippen molar-refractivity contribution in [3.8, 4) is 0 Å². The van der Waals surface area contributed by atoms with Gasteiger partial charge in [-0.25, -0.2) is 29.6 Å². The molecule has 0 aliphatic carbocycles. The number of amides is 4. The minimum atomic E-state index is -0.517. The smallest absolute Gasteiger partial charge is 0.429 e. The maximum atomic E-state index is 12.3. The molecule has 2 fully saturated rings. The third kappa shape index (κ3) is 6.69. The summed E-state index contributed by atoms with van der Waals surface area (Å²) < 4.78 is 19.7. The van der Waals surface area contributed by atoms with Gasteiger partial charge >= 0.3 is 12.2 Å². The second kappa shape index (κ2) is 13.8. The molecule has 2 aromatic rings. The molecule has 2 saturated heterocycles. The maximum Gasteiger partial charge on any atom is 0.429 e. The van der Waals surface area contributed by atoms with Gasteiger partial charge in [0, 0.05) is 14.2 Å². The minimum absolute atomic E-state index is 0.0996. The third-order valence-electron chi connectivity index (χ3n) is 6.27. The van der Waals surface area contributed by atoms with Crippen molar-refractivity contribution in [3.05, 3.63) is 58.7 Å². The zero-order chi connectivity index (χ0) is 29.4. The molecule has 0 unspecified atom stereocenters. The van der Waals surface area contributed by atoms with Crippen molar-refractivity contribution in [2.45, 2.75) is 27.7 Å². The summed E-state index contributed by atoms with van der Waals surface area (Å²) in [6.45, 7) is 8.65. The van der Waals surface area contributed by atoms with E-state index in [1.807, 2.05) is 64.1 Å². The predicted octanol–water partition coefficient (Wildman–Crippen LogP) is 3.30. The first-order chi connectivity index (χ1) is 19.1. The number of hydrogen-bond acceptors (Lipinski definition) is 8. The average molecular weight is 557 g/mol. The minimum Gasteiger partial charge on any atom is -0.446 e. The number of hydrogen-bond donors (Lipinski definition) is 0. The number of benzene rings is 2. The number of aryl methyl sites for hydroxylation is 4. The topological polar surface area (TPSA) is 118 Å². The molecule has 4 amide bonds. The van der Waals surface area contributed by atoms with Crippen LogP contribution in [0.15, 0.2) is 36.4 Å². The number of nitrogens with zero attached hydrogens (tertiary/aromatic N) is 4. The Morgan fingerprint density at radius 2 is 1.02 bits per heavy atom. The number of carbonyl (C=O) groups excluding carboxylic acids is 4. The lowest BCUT2D eigenvalue weighted by atomic mass is 10.1. The van der Waals surface area contributed by atoms with Crippen molar-refractivity contribution >= 4 is 35.4 Å². The average Bonchev–Trinajstić information content (AvgIpc) is 3.52. The van der Waals surface area contributed by atoms with Gasteiger partial charge in [-0.3, -0.25) is 9.59 Å². The Bertz CT molecular complexity index is 1110. The molecule has 216 valence electrons. The van der Waals surface area contributed by atoms with E-state index in [0.29, 0.717) is 24.5 Å². The Morgan fingerprint density at radius 1 is 0.700 bits per heavy atom. The first-order valence-electron chi connectivity index (χ1n) is 12.8. The van der Waals surface area contributed by atoms with Gasteiger partial charge in [0.05, 0.1) is 24.5 Å². The van der Waals surface area contributed by atoms with Crippen LogP contribution in [0.25, 0.3) is 0 Å². The van der Waals surface area contributed by atoms with Gasteiger partial charge < -0.3 is 18.9 Å². The second-order valence-corrected chi connectivity index (χ2v) is 9.23. The van der Waals surface area contributed by atoms with Crippen molar-refractivity contribution in [1.82, 2.24) is 10.0 Å². The van der Waals surface area contributed by atoms with Crippen LogP contribution in [-0.4, -0.2) is 87.8 Å². The summed E-state index contributed by atoms with van der Waals surface area (Å²) in [5, 5.41) is 5.36. The lowest BCUT2D eigenvalue weighted by Crippen LogP contribution is -2.49. The highest BCUT2D eigenvalue weighted by molar-refractivity contribution is 5.98. The number of para-hydroxylation sites is 2. The molecule has 0 aromatic heterocycles. The van der Waals surface area contributed by atoms with Crippen LogP contribution in [0.4, 0.5) is 21.0 Å². The number of anilines is 2. The molecule has 0 saturated carbocycles. The molecule has 40 heavy (non-hydrogen) atoms. The predicted molar refractivity (Wildman–Crippen MR) is 147 cm³/mol. The molecule has 2 aliphatic heterocycles. The second-order valence-electron chi connectivity index (χ2n) is 9.23. The van der Waals surface area contributed by atoms with E-state index in [4.69, 9.17) is 18.9 Å². The maximum absolute atomic E-state index is 12.3. The molecular formula is C28H36N4O8. The molecule has 2 aromatic carbocycles. The first kappa shape index (κ1) is 30.4. The van der Waals surface area contributed by atoms with E-state index in [0.717, 1.165) is 22.3 Å². The fourth-order valence-corrected chi connectivity index (χ4v) is 4.54. The Kier molecular flexibility index (Phi) is 10.5. The lowest BCUT2D eigenvalue weighted by molar-refractivity contribution is -0.125. The Balaban J connectivity index is 0.000000220. The van der Waals surface area contributed by atoms with Crippen LogP contribution < -0.4 is 10.0 Å². The highest BCUT2D eigenvalue weighted by atomic mass is 16.6. The largest absolute Gasteiger partial charge is 0.446 e. The standard InChI is InChI=1S/2C14H18N2O4/c2*1-10-5-4-6-11(2)13(10)16(12(17)9-19-3)15-7-8-20-14(15)18/h2*4-6H,7-9H2,1-3H3. The molecule has 12 nitrogen and oxygen atoms in total. The van der Waals surface area contributed by atoms with Crippen LogP contribution in [0.3, 0.4) is 0 Å². The zero-order valence-corrected chi connectivity index (χ0v) is 23.8. The summed E-state index contributed by atoms with van der Waals surface area (Å²) >= 11 is 0. The van der Waals surface area contributed by atoms with Crippen molar-refractivity contribution in [2.75, 3.05) is 63.8 Å². The monoisotopic (exact) mass is 556 g/mol. The van der Waals surface area contributed by atoms with Crippen LogP contribution in [-0.2, 0) is 28.5 Å². The highest BCUT2D eigenvalue weighted by Gasteiger charge is 2.35. The van der Waals surface area contributed by atoms with Crippen molar-refractivity contribution in [2.24, 2.45) is 0 Å². The summed E-state index contributed by atoms with van der Waals surface area (Å²) in [4.78, 5) is 48.2. The number of ether oxygens (including phenoxy) is 4. The van der Waals surface area contributed by atoms with Gasteiger partial charge in [0.1, 0.15) is 26.4 Å². The summed E-state index contributed by atoms with van der Waals surface area (Å²) in [6, 6.07) is 11.4. The van der Waals surface area contributed by atoms with Crippen LogP contribution in [0.1, 0.15) is 22.3 Å². The van der Waals surface area contributed by atoms with Crippen molar-refractivity contribution < 1.29 is 38.1 Å². The number of cyclic esters (lactones) is 2. The van der Waals surface area contributed by atoms with Gasteiger partial charge in [0.25, 0.3) is 11.8 Å². The van der Waals surface area contributed by atoms with E-state index in [9.17, 15) is 19.2 Å². The third-order valence-corrected chi connectivity index (χ3v) is 6.27. The summed E-state index contributed by atoms with van der Waals surface area (Å²) in [6.07, 6.45) is -1.03. The van der Waals surface area contributed by atoms with Gasteiger partial charge in [-0.15, -0.1) is 0 Å². The SMILES string of the molecule is COCC(=O)N(c1c(C)cccc1C)N1CCOC1=O.COCC(=O)N(c1c(C)cccc1C)N1CCOC1=O. The van der Waals surface area contributed by atoms with Crippen LogP contribution in [0, 0.1) is 27.7 Å². The quantitative estimate of drug-likeness (QED) is 0.486. The summed E-state index contributed by atoms with van der Waals surface area (Å²) in [5.41, 5.74) is 5.05. The van der Waals surface area contributed by atoms with E-state index >= 15 is 0 Å². The molecule has 0 bridgehead atoms. The summed E-state index contributed by atoms with van der Waals surface area (Å²) in [5.74, 6) is -0.604. The molecule has 0 spiro atoms. The molecule has 12 heteroatoms. The van der Waals surface area contributed by atoms with Gasteiger partial charge in [-0.1, -0.05) is 36.4 Å². The van der Waals surface area contributed by atoms with E-state index in [1.54, 1.807) is 0 Å². The Morgan fingerprint density at radius 3 is 1.27 bits per heavy atom. The molecule has 0 N–H and O–H groups in total. The van der Waals surface area contributed by atoms with Gasteiger partial charge in [-0.2, -0.15) is 0 Å². The Hall–Kier alpha value is -4.16. The Labute approximate surface area is 233 Å². The molecule has 0 atom stereocenters. The fourth-order valence-electron chi connectivity index (χ4n) is 4.54. The molecule has 0 radical (unpaired) electrons. The van der Waals surface area contributed by atoms with E-state index < -0.39 is 12.2 Å². The van der Waals surface area contributed by atoms with Crippen molar-refractivity contribution in [3.63, 3.8) is 0 Å². The summed E-state index contributed by atoms with van der Waals surface area (Å²) in [7, 11) is 2.90.